The Labute approximate surface area is 358 Å². The summed E-state index contributed by atoms with van der Waals surface area (Å²) in [6.45, 7) is 12.9. The number of halogens is 2. The second-order valence-electron chi connectivity index (χ2n) is 15.0. The van der Waals surface area contributed by atoms with Gasteiger partial charge < -0.3 is 14.4 Å². The van der Waals surface area contributed by atoms with Gasteiger partial charge in [-0.25, -0.2) is 0 Å². The quantitative estimate of drug-likeness (QED) is 0.116. The van der Waals surface area contributed by atoms with Crippen molar-refractivity contribution in [1.29, 1.82) is 0 Å². The van der Waals surface area contributed by atoms with Crippen LogP contribution < -0.4 is 0 Å². The van der Waals surface area contributed by atoms with Gasteiger partial charge in [-0.05, 0) is 49.7 Å². The minimum absolute atomic E-state index is 0. The average molecular weight is 853 g/mol. The maximum atomic E-state index is 3.49. The van der Waals surface area contributed by atoms with Crippen molar-refractivity contribution >= 4 is 53.2 Å². The Morgan fingerprint density at radius 2 is 0.907 bits per heavy atom. The molecule has 0 unspecified atom stereocenters. The van der Waals surface area contributed by atoms with Gasteiger partial charge in [0.05, 0.1) is 0 Å². The van der Waals surface area contributed by atoms with Gasteiger partial charge in [0.25, 0.3) is 0 Å². The van der Waals surface area contributed by atoms with E-state index in [0.29, 0.717) is 0 Å². The van der Waals surface area contributed by atoms with E-state index in [1.807, 2.05) is 6.92 Å². The van der Waals surface area contributed by atoms with Crippen LogP contribution in [0.2, 0.25) is 0 Å². The van der Waals surface area contributed by atoms with Gasteiger partial charge in [-0.2, -0.15) is 18.6 Å². The molecule has 0 aliphatic heterocycles. The Hall–Kier alpha value is -2.22. The monoisotopic (exact) mass is 850 g/mol. The topological polar surface area (TPSA) is 0 Å². The van der Waals surface area contributed by atoms with Crippen molar-refractivity contribution in [2.45, 2.75) is 104 Å². The molecular weight excluding hydrogens is 791 g/mol. The van der Waals surface area contributed by atoms with E-state index in [0.717, 1.165) is 18.3 Å². The first-order valence-electron chi connectivity index (χ1n) is 19.6. The van der Waals surface area contributed by atoms with Gasteiger partial charge in [-0.1, -0.05) is 154 Å². The third-order valence-corrected chi connectivity index (χ3v) is 10.8. The molecule has 2 aliphatic carbocycles. The molecule has 0 amide bonds. The summed E-state index contributed by atoms with van der Waals surface area (Å²) in [6.07, 6.45) is 17.8. The maximum absolute atomic E-state index is 3.49. The number of rotatable bonds is 6. The molecular formula is C50H62Cl2SiZr-4. The Balaban J connectivity index is 0.000000318. The molecule has 288 valence electrons. The Kier molecular flexibility index (Phi) is 22.3. The predicted octanol–water partition coefficient (Wildman–Crippen LogP) is 15.5. The van der Waals surface area contributed by atoms with Crippen LogP contribution in [0, 0.1) is 40.0 Å². The first-order valence-corrected chi connectivity index (χ1v) is 23.7. The number of aryl methyl sites for hydroxylation is 2. The van der Waals surface area contributed by atoms with Gasteiger partial charge >= 0.3 is 30.2 Å². The van der Waals surface area contributed by atoms with Crippen LogP contribution in [0.5, 0.6) is 0 Å². The summed E-state index contributed by atoms with van der Waals surface area (Å²) >= 11 is 1.36. The van der Waals surface area contributed by atoms with Crippen LogP contribution in [-0.4, -0.2) is 6.88 Å². The van der Waals surface area contributed by atoms with Crippen molar-refractivity contribution in [3.05, 3.63) is 146 Å². The fourth-order valence-electron chi connectivity index (χ4n) is 8.25. The van der Waals surface area contributed by atoms with Crippen LogP contribution in [0.3, 0.4) is 0 Å². The SMILES string of the molecule is Cc1ccc(-c2cccc3[cH-]c(CC4CCCCC4)cc23)cc1.Cc1ccc(-c2cccc3[cH-]c(CC4CCCCC4)cc23)cc1.Cl.Cl.[CH2-]CC.[CH3-].[Si]=[Zr]. The number of benzene rings is 4. The molecule has 0 spiro atoms. The zero-order valence-electron chi connectivity index (χ0n) is 33.3. The summed E-state index contributed by atoms with van der Waals surface area (Å²) < 4.78 is 0. The molecule has 0 N–H and O–H groups in total. The van der Waals surface area contributed by atoms with Crippen LogP contribution in [-0.2, 0) is 36.2 Å². The number of fused-ring (bicyclic) bond motifs is 2. The van der Waals surface area contributed by atoms with Gasteiger partial charge in [0, 0.05) is 0 Å². The second-order valence-corrected chi connectivity index (χ2v) is 15.0. The van der Waals surface area contributed by atoms with E-state index in [2.05, 4.69) is 137 Å². The molecule has 0 bridgehead atoms. The van der Waals surface area contributed by atoms with Crippen molar-refractivity contribution in [3.8, 4) is 22.3 Å². The van der Waals surface area contributed by atoms with Crippen molar-refractivity contribution < 1.29 is 23.3 Å². The summed E-state index contributed by atoms with van der Waals surface area (Å²) in [5.41, 5.74) is 11.1. The molecule has 0 saturated heterocycles. The Bertz CT molecular complexity index is 1770. The van der Waals surface area contributed by atoms with Gasteiger partial charge in [0.1, 0.15) is 0 Å². The molecule has 6 aromatic carbocycles. The first kappa shape index (κ1) is 47.9. The zero-order valence-corrected chi connectivity index (χ0v) is 38.4. The van der Waals surface area contributed by atoms with Crippen LogP contribution in [0.15, 0.2) is 109 Å². The summed E-state index contributed by atoms with van der Waals surface area (Å²) in [5, 5.41) is 5.63. The van der Waals surface area contributed by atoms with Gasteiger partial charge in [0.2, 0.25) is 0 Å². The predicted molar refractivity (Wildman–Crippen MR) is 242 cm³/mol. The molecule has 2 saturated carbocycles. The fraction of sp³-hybridized carbons (Fsp3) is 0.360. The second kappa shape index (κ2) is 25.1. The van der Waals surface area contributed by atoms with E-state index < -0.39 is 0 Å². The van der Waals surface area contributed by atoms with E-state index in [9.17, 15) is 0 Å². The molecule has 54 heavy (non-hydrogen) atoms. The van der Waals surface area contributed by atoms with E-state index in [4.69, 9.17) is 0 Å². The van der Waals surface area contributed by atoms with Crippen molar-refractivity contribution in [2.24, 2.45) is 11.8 Å². The van der Waals surface area contributed by atoms with Crippen molar-refractivity contribution in [3.63, 3.8) is 0 Å². The van der Waals surface area contributed by atoms with Crippen LogP contribution in [0.1, 0.15) is 99.8 Å². The molecule has 6 aromatic rings. The van der Waals surface area contributed by atoms with Gasteiger partial charge in [-0.15, -0.1) is 93.9 Å². The molecule has 0 nitrogen and oxygen atoms in total. The molecule has 0 atom stereocenters. The van der Waals surface area contributed by atoms with Crippen molar-refractivity contribution in [2.75, 3.05) is 0 Å². The van der Waals surface area contributed by atoms with E-state index >= 15 is 0 Å². The molecule has 2 fully saturated rings. The van der Waals surface area contributed by atoms with E-state index in [-0.39, 0.29) is 32.2 Å². The van der Waals surface area contributed by atoms with Crippen LogP contribution in [0.4, 0.5) is 0 Å². The molecule has 2 aliphatic rings. The summed E-state index contributed by atoms with van der Waals surface area (Å²) in [4.78, 5) is 0. The Morgan fingerprint density at radius 3 is 1.24 bits per heavy atom. The average Bonchev–Trinajstić information content (AvgIpc) is 3.78. The van der Waals surface area contributed by atoms with E-state index in [1.54, 1.807) is 0 Å². The molecule has 8 rings (SSSR count). The summed E-state index contributed by atoms with van der Waals surface area (Å²) in [6, 6.07) is 41.0. The third-order valence-electron chi connectivity index (χ3n) is 10.8. The van der Waals surface area contributed by atoms with Crippen LogP contribution in [0.25, 0.3) is 43.8 Å². The van der Waals surface area contributed by atoms with Gasteiger partial charge in [-0.3, -0.25) is 0 Å². The van der Waals surface area contributed by atoms with Crippen LogP contribution >= 0.6 is 24.8 Å². The van der Waals surface area contributed by atoms with Gasteiger partial charge in [0.15, 0.2) is 0 Å². The third kappa shape index (κ3) is 13.5. The van der Waals surface area contributed by atoms with E-state index in [1.165, 1.54) is 166 Å². The summed E-state index contributed by atoms with van der Waals surface area (Å²) in [5.74, 6) is 1.81. The zero-order chi connectivity index (χ0) is 36.0. The number of hydrogen-bond donors (Lipinski definition) is 0. The minimum atomic E-state index is 0. The van der Waals surface area contributed by atoms with Crippen molar-refractivity contribution in [1.82, 2.24) is 0 Å². The first-order chi connectivity index (χ1) is 25.0. The molecule has 0 aromatic heterocycles. The normalized spacial score (nSPS) is 14.1. The fourth-order valence-corrected chi connectivity index (χ4v) is 8.25. The molecule has 2 radical (unpaired) electrons. The molecule has 4 heteroatoms. The standard InChI is InChI=1S/2C23H25.C3H7.CH3.2ClH.Si.Zr/c2*1-17-10-12-20(13-11-17)22-9-5-8-21-15-19(16-23(21)22)14-18-6-3-2-4-7-18;1-3-2;;;;;/h2*5,8-13,15-16,18H,2-4,6-7,14H2,1H3;1,3H2,2H3;1H3;2*1H;;/q4*-1;;;;. The summed E-state index contributed by atoms with van der Waals surface area (Å²) in [7, 11) is 0. The number of hydrogen-bond acceptors (Lipinski definition) is 0. The molecule has 0 heterocycles. The Morgan fingerprint density at radius 1 is 0.574 bits per heavy atom.